The zero-order valence-corrected chi connectivity index (χ0v) is 21.7. The van der Waals surface area contributed by atoms with Gasteiger partial charge < -0.3 is 14.6 Å². The molecular formula is C31H32N4OS. The zero-order chi connectivity index (χ0) is 25.0. The quantitative estimate of drug-likeness (QED) is 0.271. The normalized spacial score (nSPS) is 14.6. The maximum atomic E-state index is 10.9. The average molecular weight is 509 g/mol. The van der Waals surface area contributed by atoms with Gasteiger partial charge in [-0.2, -0.15) is 0 Å². The molecule has 1 aliphatic rings. The summed E-state index contributed by atoms with van der Waals surface area (Å²) < 4.78 is 1.89. The van der Waals surface area contributed by atoms with Gasteiger partial charge in [-0.25, -0.2) is 4.98 Å². The van der Waals surface area contributed by atoms with Gasteiger partial charge in [-0.15, -0.1) is 11.3 Å². The summed E-state index contributed by atoms with van der Waals surface area (Å²) in [6.45, 7) is 5.75. The van der Waals surface area contributed by atoms with Crippen LogP contribution < -0.4 is 4.90 Å². The van der Waals surface area contributed by atoms with Crippen LogP contribution in [0.2, 0.25) is 0 Å². The van der Waals surface area contributed by atoms with Crippen molar-refractivity contribution < 1.29 is 5.11 Å². The number of piperazine rings is 1. The minimum Gasteiger partial charge on any atom is -0.494 e. The summed E-state index contributed by atoms with van der Waals surface area (Å²) in [7, 11) is 0. The Morgan fingerprint density at radius 1 is 0.865 bits per heavy atom. The standard InChI is InChI=1S/C31H32N4OS/c36-31-30-19-28(12-11-26(30)20-35(31)21-27-22-37-23-32-27)34-17-15-33(16-18-34)14-13-29(24-7-3-1-4-8-24)25-9-5-2-6-10-25/h1-12,19-20,22-23,29,36H,13-18,21H2. The Bertz CT molecular complexity index is 1390. The lowest BCUT2D eigenvalue weighted by atomic mass is 9.88. The molecule has 1 N–H and O–H groups in total. The third-order valence-electron chi connectivity index (χ3n) is 7.54. The number of thiazole rings is 1. The van der Waals surface area contributed by atoms with E-state index in [9.17, 15) is 5.11 Å². The summed E-state index contributed by atoms with van der Waals surface area (Å²) in [5.41, 5.74) is 6.76. The molecule has 0 amide bonds. The van der Waals surface area contributed by atoms with Crippen molar-refractivity contribution in [1.82, 2.24) is 14.5 Å². The molecule has 0 atom stereocenters. The zero-order valence-electron chi connectivity index (χ0n) is 20.9. The molecule has 0 radical (unpaired) electrons. The molecule has 0 unspecified atom stereocenters. The van der Waals surface area contributed by atoms with E-state index in [0.29, 0.717) is 18.3 Å². The Labute approximate surface area is 222 Å². The van der Waals surface area contributed by atoms with E-state index in [1.807, 2.05) is 21.7 Å². The van der Waals surface area contributed by atoms with Gasteiger partial charge in [-0.1, -0.05) is 66.7 Å². The van der Waals surface area contributed by atoms with Crippen molar-refractivity contribution in [3.05, 3.63) is 113 Å². The number of aromatic nitrogens is 2. The van der Waals surface area contributed by atoms with Crippen LogP contribution in [0.4, 0.5) is 5.69 Å². The van der Waals surface area contributed by atoms with E-state index >= 15 is 0 Å². The number of anilines is 1. The molecule has 6 heteroatoms. The Morgan fingerprint density at radius 3 is 2.22 bits per heavy atom. The van der Waals surface area contributed by atoms with Gasteiger partial charge in [-0.05, 0) is 36.2 Å². The van der Waals surface area contributed by atoms with Crippen LogP contribution in [0.25, 0.3) is 10.8 Å². The molecule has 0 spiro atoms. The summed E-state index contributed by atoms with van der Waals surface area (Å²) in [5, 5.41) is 14.9. The maximum absolute atomic E-state index is 10.9. The smallest absolute Gasteiger partial charge is 0.199 e. The number of hydrogen-bond donors (Lipinski definition) is 1. The lowest BCUT2D eigenvalue weighted by Gasteiger charge is -2.36. The first-order valence-corrected chi connectivity index (χ1v) is 13.9. The van der Waals surface area contributed by atoms with E-state index in [4.69, 9.17) is 0 Å². The molecule has 5 aromatic rings. The summed E-state index contributed by atoms with van der Waals surface area (Å²) in [5.74, 6) is 0.732. The van der Waals surface area contributed by atoms with Crippen molar-refractivity contribution in [2.45, 2.75) is 18.9 Å². The van der Waals surface area contributed by atoms with Gasteiger partial charge in [0.2, 0.25) is 0 Å². The van der Waals surface area contributed by atoms with Crippen molar-refractivity contribution in [3.63, 3.8) is 0 Å². The van der Waals surface area contributed by atoms with Crippen LogP contribution in [0.1, 0.15) is 29.2 Å². The van der Waals surface area contributed by atoms with E-state index in [-0.39, 0.29) is 0 Å². The lowest BCUT2D eigenvalue weighted by molar-refractivity contribution is 0.251. The molecule has 3 aromatic carbocycles. The SMILES string of the molecule is Oc1c2cc(N3CCN(CCC(c4ccccc4)c4ccccc4)CC3)ccc2cn1Cc1cscn1. The van der Waals surface area contributed by atoms with Gasteiger partial charge >= 0.3 is 0 Å². The Morgan fingerprint density at radius 2 is 1.57 bits per heavy atom. The molecule has 1 saturated heterocycles. The first-order chi connectivity index (χ1) is 18.2. The highest BCUT2D eigenvalue weighted by molar-refractivity contribution is 7.07. The van der Waals surface area contributed by atoms with Crippen LogP contribution in [0.3, 0.4) is 0 Å². The van der Waals surface area contributed by atoms with Crippen LogP contribution in [0.15, 0.2) is 96.0 Å². The van der Waals surface area contributed by atoms with Crippen molar-refractivity contribution in [2.24, 2.45) is 0 Å². The van der Waals surface area contributed by atoms with Crippen molar-refractivity contribution in [1.29, 1.82) is 0 Å². The summed E-state index contributed by atoms with van der Waals surface area (Å²) in [4.78, 5) is 9.39. The predicted octanol–water partition coefficient (Wildman–Crippen LogP) is 6.20. The van der Waals surface area contributed by atoms with Crippen LogP contribution in [0.5, 0.6) is 5.88 Å². The van der Waals surface area contributed by atoms with E-state index in [1.54, 1.807) is 11.3 Å². The molecule has 3 heterocycles. The molecule has 37 heavy (non-hydrogen) atoms. The van der Waals surface area contributed by atoms with Crippen molar-refractivity contribution >= 4 is 27.8 Å². The van der Waals surface area contributed by atoms with Crippen LogP contribution in [0, 0.1) is 0 Å². The molecule has 1 aliphatic heterocycles. The second-order valence-electron chi connectivity index (χ2n) is 9.82. The van der Waals surface area contributed by atoms with Gasteiger partial charge in [0, 0.05) is 60.1 Å². The number of hydrogen-bond acceptors (Lipinski definition) is 5. The highest BCUT2D eigenvalue weighted by atomic mass is 32.1. The predicted molar refractivity (Wildman–Crippen MR) is 153 cm³/mol. The Hall–Kier alpha value is -3.61. The molecule has 0 bridgehead atoms. The first kappa shape index (κ1) is 23.8. The number of aromatic hydroxyl groups is 1. The fourth-order valence-corrected chi connectivity index (χ4v) is 6.03. The molecule has 0 aliphatic carbocycles. The molecule has 5 nitrogen and oxygen atoms in total. The highest BCUT2D eigenvalue weighted by Crippen LogP contribution is 2.32. The van der Waals surface area contributed by atoms with Gasteiger partial charge in [0.15, 0.2) is 5.88 Å². The van der Waals surface area contributed by atoms with Gasteiger partial charge in [0.05, 0.1) is 17.7 Å². The second kappa shape index (κ2) is 10.8. The molecule has 6 rings (SSSR count). The van der Waals surface area contributed by atoms with Gasteiger partial charge in [0.1, 0.15) is 0 Å². The number of nitrogens with zero attached hydrogens (tertiary/aromatic N) is 4. The lowest BCUT2D eigenvalue weighted by Crippen LogP contribution is -2.46. The van der Waals surface area contributed by atoms with Crippen molar-refractivity contribution in [2.75, 3.05) is 37.6 Å². The topological polar surface area (TPSA) is 44.5 Å². The summed E-state index contributed by atoms with van der Waals surface area (Å²) in [6, 6.07) is 28.2. The second-order valence-corrected chi connectivity index (χ2v) is 10.5. The largest absolute Gasteiger partial charge is 0.494 e. The molecular weight excluding hydrogens is 476 g/mol. The van der Waals surface area contributed by atoms with Gasteiger partial charge in [0.25, 0.3) is 0 Å². The van der Waals surface area contributed by atoms with E-state index in [0.717, 1.165) is 55.6 Å². The molecule has 0 saturated carbocycles. The fourth-order valence-electron chi connectivity index (χ4n) is 5.48. The molecule has 1 fully saturated rings. The first-order valence-electron chi connectivity index (χ1n) is 13.0. The van der Waals surface area contributed by atoms with E-state index < -0.39 is 0 Å². The van der Waals surface area contributed by atoms with Gasteiger partial charge in [-0.3, -0.25) is 4.90 Å². The van der Waals surface area contributed by atoms with Crippen LogP contribution in [-0.2, 0) is 6.54 Å². The number of fused-ring (bicyclic) bond motifs is 1. The number of benzene rings is 3. The Balaban J connectivity index is 1.10. The third-order valence-corrected chi connectivity index (χ3v) is 8.17. The summed E-state index contributed by atoms with van der Waals surface area (Å²) in [6.07, 6.45) is 3.13. The van der Waals surface area contributed by atoms with E-state index in [2.05, 4.69) is 93.6 Å². The van der Waals surface area contributed by atoms with Crippen LogP contribution >= 0.6 is 11.3 Å². The molecule has 2 aromatic heterocycles. The average Bonchev–Trinajstić information content (AvgIpc) is 3.58. The third kappa shape index (κ3) is 5.26. The highest BCUT2D eigenvalue weighted by Gasteiger charge is 2.21. The fraction of sp³-hybridized carbons (Fsp3) is 0.258. The summed E-state index contributed by atoms with van der Waals surface area (Å²) >= 11 is 1.58. The molecule has 188 valence electrons. The van der Waals surface area contributed by atoms with Crippen molar-refractivity contribution in [3.8, 4) is 5.88 Å². The van der Waals surface area contributed by atoms with E-state index in [1.165, 1.54) is 16.8 Å². The Kier molecular flexibility index (Phi) is 6.93. The monoisotopic (exact) mass is 508 g/mol. The minimum atomic E-state index is 0.316. The minimum absolute atomic E-state index is 0.316. The number of rotatable bonds is 8. The maximum Gasteiger partial charge on any atom is 0.199 e. The van der Waals surface area contributed by atoms with Crippen LogP contribution in [-0.4, -0.2) is 52.3 Å².